The Labute approximate surface area is 225 Å². The van der Waals surface area contributed by atoms with E-state index in [0.717, 1.165) is 55.2 Å². The van der Waals surface area contributed by atoms with E-state index in [1.54, 1.807) is 19.2 Å². The van der Waals surface area contributed by atoms with Gasteiger partial charge in [-0.05, 0) is 78.1 Å². The van der Waals surface area contributed by atoms with Crippen LogP contribution in [-0.2, 0) is 24.0 Å². The van der Waals surface area contributed by atoms with Gasteiger partial charge in [0.2, 0.25) is 0 Å². The molecule has 0 heterocycles. The highest BCUT2D eigenvalue weighted by Gasteiger charge is 2.30. The van der Waals surface area contributed by atoms with Gasteiger partial charge in [0.25, 0.3) is 0 Å². The number of alkyl halides is 3. The zero-order valence-corrected chi connectivity index (χ0v) is 22.1. The van der Waals surface area contributed by atoms with Gasteiger partial charge in [-0.1, -0.05) is 56.0 Å². The van der Waals surface area contributed by atoms with Crippen molar-refractivity contribution in [3.63, 3.8) is 0 Å². The number of benzene rings is 3. The summed E-state index contributed by atoms with van der Waals surface area (Å²) < 4.78 is 90.0. The summed E-state index contributed by atoms with van der Waals surface area (Å²) in [5, 5.41) is 1.29. The molecule has 39 heavy (non-hydrogen) atoms. The van der Waals surface area contributed by atoms with Crippen molar-refractivity contribution in [3.05, 3.63) is 76.6 Å². The molecule has 3 aromatic rings. The molecule has 0 amide bonds. The molecule has 1 fully saturated rings. The molecule has 0 unspecified atom stereocenters. The molecule has 0 aromatic heterocycles. The minimum Gasteiger partial charge on any atom is -0.478 e. The van der Waals surface area contributed by atoms with Gasteiger partial charge < -0.3 is 9.47 Å². The average Bonchev–Trinajstić information content (AvgIpc) is 2.90. The first kappa shape index (κ1) is 29.2. The Morgan fingerprint density at radius 2 is 1.44 bits per heavy atom. The van der Waals surface area contributed by atoms with Crippen LogP contribution in [0.1, 0.15) is 55.2 Å². The second-order valence-electron chi connectivity index (χ2n) is 10.6. The molecule has 212 valence electrons. The number of halogens is 6. The molecular weight excluding hydrogens is 518 g/mol. The third-order valence-electron chi connectivity index (χ3n) is 7.76. The van der Waals surface area contributed by atoms with Crippen molar-refractivity contribution in [1.29, 1.82) is 0 Å². The van der Waals surface area contributed by atoms with Crippen molar-refractivity contribution in [3.8, 4) is 5.75 Å². The summed E-state index contributed by atoms with van der Waals surface area (Å²) in [4.78, 5) is 0. The number of fused-ring (bicyclic) bond motifs is 1. The predicted molar refractivity (Wildman–Crippen MR) is 139 cm³/mol. The van der Waals surface area contributed by atoms with Crippen LogP contribution in [0.4, 0.5) is 26.3 Å². The van der Waals surface area contributed by atoms with E-state index in [1.165, 1.54) is 31.2 Å². The van der Waals surface area contributed by atoms with Gasteiger partial charge in [-0.2, -0.15) is 13.2 Å². The number of hydrogen-bond donors (Lipinski definition) is 0. The summed E-state index contributed by atoms with van der Waals surface area (Å²) in [5.74, 6) is -2.40. The highest BCUT2D eigenvalue weighted by Crippen LogP contribution is 2.34. The lowest BCUT2D eigenvalue weighted by atomic mass is 9.78. The Kier molecular flexibility index (Phi) is 9.81. The van der Waals surface area contributed by atoms with Gasteiger partial charge in [0, 0.05) is 19.1 Å². The number of rotatable bonds is 11. The fourth-order valence-electron chi connectivity index (χ4n) is 5.53. The highest BCUT2D eigenvalue weighted by atomic mass is 19.4. The maximum Gasteiger partial charge on any atom is 0.422 e. The number of hydrogen-bond acceptors (Lipinski definition) is 2. The fourth-order valence-corrected chi connectivity index (χ4v) is 5.53. The van der Waals surface area contributed by atoms with E-state index in [1.807, 2.05) is 18.2 Å². The van der Waals surface area contributed by atoms with Gasteiger partial charge in [0.1, 0.15) is 5.82 Å². The Morgan fingerprint density at radius 3 is 2.08 bits per heavy atom. The predicted octanol–water partition coefficient (Wildman–Crippen LogP) is 8.76. The van der Waals surface area contributed by atoms with E-state index in [-0.39, 0.29) is 24.2 Å². The summed E-state index contributed by atoms with van der Waals surface area (Å²) >= 11 is 0. The molecule has 0 spiro atoms. The van der Waals surface area contributed by atoms with Crippen molar-refractivity contribution < 1.29 is 35.8 Å². The molecule has 0 aliphatic heterocycles. The van der Waals surface area contributed by atoms with Crippen LogP contribution in [0.5, 0.6) is 5.75 Å². The van der Waals surface area contributed by atoms with Gasteiger partial charge in [-0.25, -0.2) is 13.2 Å². The van der Waals surface area contributed by atoms with Crippen molar-refractivity contribution in [2.24, 2.45) is 11.8 Å². The average molecular weight is 553 g/mol. The van der Waals surface area contributed by atoms with E-state index >= 15 is 4.39 Å². The summed E-state index contributed by atoms with van der Waals surface area (Å²) in [5.41, 5.74) is 1.78. The molecule has 3 aromatic carbocycles. The van der Waals surface area contributed by atoms with Crippen molar-refractivity contribution in [2.45, 2.75) is 64.0 Å². The maximum atomic E-state index is 15.3. The Balaban J connectivity index is 1.34. The zero-order valence-electron chi connectivity index (χ0n) is 22.1. The Morgan fingerprint density at radius 1 is 0.769 bits per heavy atom. The van der Waals surface area contributed by atoms with Crippen LogP contribution in [0.3, 0.4) is 0 Å². The van der Waals surface area contributed by atoms with Gasteiger partial charge in [-0.3, -0.25) is 0 Å². The van der Waals surface area contributed by atoms with Crippen LogP contribution in [0.15, 0.2) is 42.5 Å². The topological polar surface area (TPSA) is 18.5 Å². The summed E-state index contributed by atoms with van der Waals surface area (Å²) in [6, 6.07) is 11.2. The Hall–Kier alpha value is -2.74. The minimum absolute atomic E-state index is 0.113. The molecule has 1 saturated carbocycles. The summed E-state index contributed by atoms with van der Waals surface area (Å²) in [6.45, 7) is -0.959. The van der Waals surface area contributed by atoms with Gasteiger partial charge in [0.15, 0.2) is 24.0 Å². The van der Waals surface area contributed by atoms with Crippen molar-refractivity contribution in [1.82, 2.24) is 0 Å². The zero-order chi connectivity index (χ0) is 28.0. The normalized spacial score (nSPS) is 18.0. The van der Waals surface area contributed by atoms with Crippen LogP contribution < -0.4 is 4.74 Å². The third kappa shape index (κ3) is 8.13. The van der Waals surface area contributed by atoms with Crippen LogP contribution in [0, 0.1) is 29.3 Å². The molecule has 0 saturated heterocycles. The van der Waals surface area contributed by atoms with Gasteiger partial charge in [-0.15, -0.1) is 0 Å². The van der Waals surface area contributed by atoms with Crippen LogP contribution in [0.25, 0.3) is 10.8 Å². The SMILES string of the molecule is COCCC1CCC(CCc2ccc3c(F)c(CCc4cc(F)c(OCC(F)(F)F)c(F)c4)ccc3c2)CC1. The number of methoxy groups -OCH3 is 1. The van der Waals surface area contributed by atoms with Gasteiger partial charge in [0.05, 0.1) is 0 Å². The van der Waals surface area contributed by atoms with Crippen LogP contribution in [-0.4, -0.2) is 26.5 Å². The first-order valence-corrected chi connectivity index (χ1v) is 13.5. The van der Waals surface area contributed by atoms with Crippen molar-refractivity contribution in [2.75, 3.05) is 20.3 Å². The van der Waals surface area contributed by atoms with E-state index < -0.39 is 30.2 Å². The van der Waals surface area contributed by atoms with E-state index in [9.17, 15) is 22.0 Å². The first-order chi connectivity index (χ1) is 18.6. The second-order valence-corrected chi connectivity index (χ2v) is 10.6. The monoisotopic (exact) mass is 552 g/mol. The smallest absolute Gasteiger partial charge is 0.422 e. The largest absolute Gasteiger partial charge is 0.478 e. The quantitative estimate of drug-likeness (QED) is 0.222. The minimum atomic E-state index is -4.71. The summed E-state index contributed by atoms with van der Waals surface area (Å²) in [6.07, 6.45) is 3.80. The van der Waals surface area contributed by atoms with Crippen molar-refractivity contribution >= 4 is 10.8 Å². The molecule has 0 radical (unpaired) electrons. The molecule has 4 rings (SSSR count). The molecule has 1 aliphatic carbocycles. The van der Waals surface area contributed by atoms with E-state index in [0.29, 0.717) is 10.9 Å². The molecule has 0 atom stereocenters. The van der Waals surface area contributed by atoms with E-state index in [2.05, 4.69) is 4.74 Å². The fraction of sp³-hybridized carbons (Fsp3) is 0.484. The number of aryl methyl sites for hydroxylation is 3. The molecule has 0 N–H and O–H groups in total. The second kappa shape index (κ2) is 13.1. The van der Waals surface area contributed by atoms with E-state index in [4.69, 9.17) is 4.74 Å². The van der Waals surface area contributed by atoms with Gasteiger partial charge >= 0.3 is 6.18 Å². The molecule has 1 aliphatic rings. The lowest BCUT2D eigenvalue weighted by molar-refractivity contribution is -0.154. The maximum absolute atomic E-state index is 15.3. The lowest BCUT2D eigenvalue weighted by Crippen LogP contribution is -2.20. The standard InChI is InChI=1S/C31H34F6O2/c1-38-15-14-21-4-2-20(3-5-21)6-7-22-9-13-26-25(16-22)12-11-24(29(26)34)10-8-23-17-27(32)30(28(33)18-23)39-19-31(35,36)37/h9,11-13,16-18,20-21H,2-8,10,14-15,19H2,1H3. The molecule has 2 nitrogen and oxygen atoms in total. The summed E-state index contributed by atoms with van der Waals surface area (Å²) in [7, 11) is 1.75. The molecule has 8 heteroatoms. The van der Waals surface area contributed by atoms with Crippen LogP contribution in [0.2, 0.25) is 0 Å². The van der Waals surface area contributed by atoms with Crippen LogP contribution >= 0.6 is 0 Å². The molecular formula is C31H34F6O2. The number of ether oxygens (including phenoxy) is 2. The molecule has 0 bridgehead atoms. The third-order valence-corrected chi connectivity index (χ3v) is 7.76. The Bertz CT molecular complexity index is 1220. The highest BCUT2D eigenvalue weighted by molar-refractivity contribution is 5.84. The lowest BCUT2D eigenvalue weighted by Gasteiger charge is -2.28. The first-order valence-electron chi connectivity index (χ1n) is 13.5.